The molecule has 0 saturated heterocycles. The maximum Gasteiger partial charge on any atom is 0.270 e. The van der Waals surface area contributed by atoms with Crippen LogP contribution >= 0.6 is 23.4 Å². The number of hydrogen-bond donors (Lipinski definition) is 1. The summed E-state index contributed by atoms with van der Waals surface area (Å²) in [7, 11) is 0. The van der Waals surface area contributed by atoms with Crippen LogP contribution in [0.5, 0.6) is 0 Å². The predicted molar refractivity (Wildman–Crippen MR) is 103 cm³/mol. The third kappa shape index (κ3) is 3.76. The van der Waals surface area contributed by atoms with Crippen molar-refractivity contribution >= 4 is 29.3 Å². The van der Waals surface area contributed by atoms with Crippen molar-refractivity contribution in [3.8, 4) is 5.69 Å². The van der Waals surface area contributed by atoms with Crippen LogP contribution in [-0.4, -0.2) is 21.7 Å². The normalized spacial score (nSPS) is 12.0. The van der Waals surface area contributed by atoms with E-state index in [-0.39, 0.29) is 17.8 Å². The Labute approximate surface area is 160 Å². The van der Waals surface area contributed by atoms with E-state index in [1.807, 2.05) is 31.4 Å². The van der Waals surface area contributed by atoms with E-state index in [1.165, 1.54) is 30.1 Å². The van der Waals surface area contributed by atoms with Gasteiger partial charge in [0.15, 0.2) is 5.16 Å². The van der Waals surface area contributed by atoms with E-state index in [0.29, 0.717) is 21.6 Å². The number of halogens is 2. The van der Waals surface area contributed by atoms with Crippen molar-refractivity contribution in [1.29, 1.82) is 0 Å². The van der Waals surface area contributed by atoms with Gasteiger partial charge in [0.05, 0.1) is 12.2 Å². The molecule has 4 nitrogen and oxygen atoms in total. The molecule has 0 bridgehead atoms. The molecule has 0 radical (unpaired) electrons. The van der Waals surface area contributed by atoms with Crippen LogP contribution in [0.15, 0.2) is 59.9 Å². The summed E-state index contributed by atoms with van der Waals surface area (Å²) in [5.41, 5.74) is 1.88. The van der Waals surface area contributed by atoms with Gasteiger partial charge in [-0.1, -0.05) is 41.6 Å². The molecule has 1 N–H and O–H groups in total. The van der Waals surface area contributed by atoms with Crippen LogP contribution < -0.4 is 5.32 Å². The first kappa shape index (κ1) is 18.5. The van der Waals surface area contributed by atoms with Gasteiger partial charge in [-0.05, 0) is 49.1 Å². The maximum atomic E-state index is 13.2. The monoisotopic (exact) mass is 389 g/mol. The van der Waals surface area contributed by atoms with E-state index >= 15 is 0 Å². The quantitative estimate of drug-likeness (QED) is 0.633. The minimum Gasteiger partial charge on any atom is -0.344 e. The largest absolute Gasteiger partial charge is 0.344 e. The number of aromatic nitrogens is 2. The van der Waals surface area contributed by atoms with Crippen LogP contribution in [0, 0.1) is 5.82 Å². The number of carbonyl (C=O) groups is 1. The van der Waals surface area contributed by atoms with E-state index in [4.69, 9.17) is 11.6 Å². The van der Waals surface area contributed by atoms with Crippen LogP contribution in [0.4, 0.5) is 4.39 Å². The first-order valence-corrected chi connectivity index (χ1v) is 9.54. The summed E-state index contributed by atoms with van der Waals surface area (Å²) >= 11 is 7.62. The fourth-order valence-electron chi connectivity index (χ4n) is 2.65. The molecule has 0 aliphatic rings. The van der Waals surface area contributed by atoms with Gasteiger partial charge in [0.1, 0.15) is 11.5 Å². The third-order valence-corrected chi connectivity index (χ3v) is 4.95. The first-order chi connectivity index (χ1) is 12.5. The van der Waals surface area contributed by atoms with Crippen LogP contribution in [0.25, 0.3) is 5.69 Å². The van der Waals surface area contributed by atoms with Gasteiger partial charge in [-0.25, -0.2) is 9.37 Å². The molecule has 3 rings (SSSR count). The molecule has 0 aliphatic carbocycles. The van der Waals surface area contributed by atoms with Crippen molar-refractivity contribution in [2.45, 2.75) is 18.1 Å². The Morgan fingerprint density at radius 2 is 1.92 bits per heavy atom. The van der Waals surface area contributed by atoms with Gasteiger partial charge < -0.3 is 5.32 Å². The van der Waals surface area contributed by atoms with Crippen LogP contribution in [-0.2, 0) is 0 Å². The topological polar surface area (TPSA) is 46.9 Å². The van der Waals surface area contributed by atoms with Crippen molar-refractivity contribution < 1.29 is 9.18 Å². The highest BCUT2D eigenvalue weighted by molar-refractivity contribution is 7.98. The predicted octanol–water partition coefficient (Wildman–Crippen LogP) is 4.88. The zero-order chi connectivity index (χ0) is 18.7. The summed E-state index contributed by atoms with van der Waals surface area (Å²) in [6.07, 6.45) is 3.39. The molecule has 2 aromatic carbocycles. The van der Waals surface area contributed by atoms with Crippen LogP contribution in [0.2, 0.25) is 5.02 Å². The van der Waals surface area contributed by atoms with E-state index in [9.17, 15) is 9.18 Å². The van der Waals surface area contributed by atoms with Gasteiger partial charge in [-0.3, -0.25) is 9.36 Å². The lowest BCUT2D eigenvalue weighted by Gasteiger charge is -2.17. The van der Waals surface area contributed by atoms with Gasteiger partial charge in [-0.2, -0.15) is 0 Å². The standard InChI is InChI=1S/C19H17ClFN3OS/c1-12(15-5-3-4-6-16(15)20)23-18(25)17-11-22-19(26-2)24(17)14-9-7-13(21)8-10-14/h3-12H,1-2H3,(H,23,25). The highest BCUT2D eigenvalue weighted by Crippen LogP contribution is 2.25. The highest BCUT2D eigenvalue weighted by Gasteiger charge is 2.20. The van der Waals surface area contributed by atoms with Crippen molar-refractivity contribution in [3.05, 3.63) is 76.8 Å². The van der Waals surface area contributed by atoms with Crippen molar-refractivity contribution in [2.75, 3.05) is 6.26 Å². The maximum absolute atomic E-state index is 13.2. The fraction of sp³-hybridized carbons (Fsp3) is 0.158. The third-order valence-electron chi connectivity index (χ3n) is 3.95. The molecule has 7 heteroatoms. The summed E-state index contributed by atoms with van der Waals surface area (Å²) < 4.78 is 15.0. The molecule has 134 valence electrons. The summed E-state index contributed by atoms with van der Waals surface area (Å²) in [5.74, 6) is -0.618. The highest BCUT2D eigenvalue weighted by atomic mass is 35.5. The number of hydrogen-bond acceptors (Lipinski definition) is 3. The molecular weight excluding hydrogens is 373 g/mol. The lowest BCUT2D eigenvalue weighted by Crippen LogP contribution is -2.28. The lowest BCUT2D eigenvalue weighted by molar-refractivity contribution is 0.0932. The zero-order valence-corrected chi connectivity index (χ0v) is 15.8. The average Bonchev–Trinajstić information content (AvgIpc) is 3.07. The molecule has 3 aromatic rings. The van der Waals surface area contributed by atoms with Crippen LogP contribution in [0.1, 0.15) is 29.0 Å². The summed E-state index contributed by atoms with van der Waals surface area (Å²) in [4.78, 5) is 17.1. The van der Waals surface area contributed by atoms with Gasteiger partial charge >= 0.3 is 0 Å². The molecule has 0 aliphatic heterocycles. The van der Waals surface area contributed by atoms with E-state index in [2.05, 4.69) is 10.3 Å². The number of nitrogens with one attached hydrogen (secondary N) is 1. The Bertz CT molecular complexity index is 927. The molecule has 0 spiro atoms. The molecule has 0 fully saturated rings. The van der Waals surface area contributed by atoms with E-state index < -0.39 is 0 Å². The molecule has 26 heavy (non-hydrogen) atoms. The lowest BCUT2D eigenvalue weighted by atomic mass is 10.1. The summed E-state index contributed by atoms with van der Waals surface area (Å²) in [5, 5.41) is 4.18. The van der Waals surface area contributed by atoms with Gasteiger partial charge in [0.25, 0.3) is 5.91 Å². The van der Waals surface area contributed by atoms with Gasteiger partial charge in [-0.15, -0.1) is 0 Å². The van der Waals surface area contributed by atoms with E-state index in [0.717, 1.165) is 5.56 Å². The smallest absolute Gasteiger partial charge is 0.270 e. The van der Waals surface area contributed by atoms with E-state index in [1.54, 1.807) is 22.8 Å². The molecular formula is C19H17ClFN3OS. The van der Waals surface area contributed by atoms with Crippen LogP contribution in [0.3, 0.4) is 0 Å². The number of nitrogens with zero attached hydrogens (tertiary/aromatic N) is 2. The summed E-state index contributed by atoms with van der Waals surface area (Å²) in [6, 6.07) is 13.0. The number of carbonyl (C=O) groups excluding carboxylic acids is 1. The number of thioether (sulfide) groups is 1. The van der Waals surface area contributed by atoms with Gasteiger partial charge in [0, 0.05) is 10.7 Å². The second kappa shape index (κ2) is 7.93. The number of rotatable bonds is 5. The molecule has 1 atom stereocenters. The molecule has 1 aromatic heterocycles. The molecule has 0 saturated carbocycles. The van der Waals surface area contributed by atoms with Crippen molar-refractivity contribution in [3.63, 3.8) is 0 Å². The Hall–Kier alpha value is -2.31. The van der Waals surface area contributed by atoms with Crippen molar-refractivity contribution in [1.82, 2.24) is 14.9 Å². The number of benzene rings is 2. The Kier molecular flexibility index (Phi) is 5.64. The molecule has 1 unspecified atom stereocenters. The first-order valence-electron chi connectivity index (χ1n) is 7.94. The molecule has 1 amide bonds. The SMILES string of the molecule is CSc1ncc(C(=O)NC(C)c2ccccc2Cl)n1-c1ccc(F)cc1. The Morgan fingerprint density at radius 3 is 2.58 bits per heavy atom. The Morgan fingerprint density at radius 1 is 1.23 bits per heavy atom. The summed E-state index contributed by atoms with van der Waals surface area (Å²) in [6.45, 7) is 1.87. The Balaban J connectivity index is 1.92. The number of imidazole rings is 1. The zero-order valence-electron chi connectivity index (χ0n) is 14.2. The molecule has 1 heterocycles. The fourth-order valence-corrected chi connectivity index (χ4v) is 3.50. The average molecular weight is 390 g/mol. The minimum absolute atomic E-state index is 0.273. The van der Waals surface area contributed by atoms with Crippen molar-refractivity contribution in [2.24, 2.45) is 0 Å². The van der Waals surface area contributed by atoms with Gasteiger partial charge in [0.2, 0.25) is 0 Å². The second-order valence-corrected chi connectivity index (χ2v) is 6.84. The number of amides is 1. The minimum atomic E-state index is -0.335. The second-order valence-electron chi connectivity index (χ2n) is 5.66.